The van der Waals surface area contributed by atoms with Crippen molar-refractivity contribution < 1.29 is 15.0 Å². The van der Waals surface area contributed by atoms with Gasteiger partial charge in [0.1, 0.15) is 0 Å². The van der Waals surface area contributed by atoms with Crippen molar-refractivity contribution in [2.75, 3.05) is 0 Å². The number of pyridine rings is 1. The second-order valence-electron chi connectivity index (χ2n) is 5.55. The minimum Gasteiger partial charge on any atom is -0.481 e. The number of carboxylic acids is 1. The number of carboxylic acid groups (broad SMARTS) is 1. The topological polar surface area (TPSA) is 70.4 Å². The van der Waals surface area contributed by atoms with E-state index in [4.69, 9.17) is 5.11 Å². The van der Waals surface area contributed by atoms with Crippen LogP contribution in [0.5, 0.6) is 0 Å². The van der Waals surface area contributed by atoms with E-state index in [0.29, 0.717) is 25.7 Å². The molecule has 0 spiro atoms. The third kappa shape index (κ3) is 2.27. The normalized spacial score (nSPS) is 26.6. The Bertz CT molecular complexity index is 645. The Morgan fingerprint density at radius 1 is 1.25 bits per heavy atom. The fraction of sp³-hybridized carbons (Fsp3) is 0.375. The molecule has 1 aromatic heterocycles. The van der Waals surface area contributed by atoms with Gasteiger partial charge in [0.05, 0.1) is 17.0 Å². The average Bonchev–Trinajstić information content (AvgIpc) is 2.47. The smallest absolute Gasteiger partial charge is 0.306 e. The number of aliphatic hydroxyl groups is 1. The highest BCUT2D eigenvalue weighted by Gasteiger charge is 2.37. The number of nitrogens with zero attached hydrogens (tertiary/aromatic N) is 1. The average molecular weight is 271 g/mol. The highest BCUT2D eigenvalue weighted by Crippen LogP contribution is 2.40. The zero-order chi connectivity index (χ0) is 14.2. The first-order chi connectivity index (χ1) is 9.58. The summed E-state index contributed by atoms with van der Waals surface area (Å²) in [6, 6.07) is 9.61. The minimum atomic E-state index is -0.907. The van der Waals surface area contributed by atoms with Gasteiger partial charge in [-0.2, -0.15) is 0 Å². The predicted octanol–water partition coefficient (Wildman–Crippen LogP) is 2.70. The lowest BCUT2D eigenvalue weighted by atomic mass is 9.75. The molecule has 3 rings (SSSR count). The maximum atomic E-state index is 11.0. The van der Waals surface area contributed by atoms with Crippen LogP contribution in [0, 0.1) is 5.92 Å². The van der Waals surface area contributed by atoms with Gasteiger partial charge >= 0.3 is 5.97 Å². The summed E-state index contributed by atoms with van der Waals surface area (Å²) in [4.78, 5) is 15.3. The zero-order valence-corrected chi connectivity index (χ0v) is 11.1. The van der Waals surface area contributed by atoms with E-state index in [-0.39, 0.29) is 5.92 Å². The highest BCUT2D eigenvalue weighted by molar-refractivity contribution is 5.79. The Balaban J connectivity index is 1.89. The van der Waals surface area contributed by atoms with Crippen molar-refractivity contribution in [3.63, 3.8) is 0 Å². The Kier molecular flexibility index (Phi) is 3.18. The van der Waals surface area contributed by atoms with E-state index in [9.17, 15) is 9.90 Å². The number of aliphatic carboxylic acids is 1. The molecule has 20 heavy (non-hydrogen) atoms. The van der Waals surface area contributed by atoms with Crippen molar-refractivity contribution >= 4 is 16.9 Å². The Morgan fingerprint density at radius 3 is 2.70 bits per heavy atom. The molecule has 104 valence electrons. The van der Waals surface area contributed by atoms with Crippen LogP contribution in [0.2, 0.25) is 0 Å². The first-order valence-corrected chi connectivity index (χ1v) is 6.89. The van der Waals surface area contributed by atoms with Crippen LogP contribution < -0.4 is 0 Å². The number of fused-ring (bicyclic) bond motifs is 1. The van der Waals surface area contributed by atoms with Crippen LogP contribution in [-0.2, 0) is 10.4 Å². The van der Waals surface area contributed by atoms with Crippen molar-refractivity contribution in [3.8, 4) is 0 Å². The molecule has 0 aliphatic heterocycles. The van der Waals surface area contributed by atoms with Crippen LogP contribution in [-0.4, -0.2) is 21.2 Å². The van der Waals surface area contributed by atoms with Crippen LogP contribution in [0.15, 0.2) is 36.5 Å². The third-order valence-electron chi connectivity index (χ3n) is 4.30. The Hall–Kier alpha value is -1.94. The van der Waals surface area contributed by atoms with E-state index in [0.717, 1.165) is 16.5 Å². The van der Waals surface area contributed by atoms with Gasteiger partial charge in [-0.05, 0) is 49.4 Å². The minimum absolute atomic E-state index is 0.322. The number of carbonyl (C=O) groups is 1. The molecule has 0 bridgehead atoms. The van der Waals surface area contributed by atoms with Gasteiger partial charge in [0, 0.05) is 11.6 Å². The predicted molar refractivity (Wildman–Crippen MR) is 75.2 cm³/mol. The molecule has 0 amide bonds. The second kappa shape index (κ2) is 4.87. The molecule has 0 radical (unpaired) electrons. The van der Waals surface area contributed by atoms with Gasteiger partial charge < -0.3 is 10.2 Å². The molecule has 1 heterocycles. The monoisotopic (exact) mass is 271 g/mol. The SMILES string of the molecule is O=C(O)C1CCC(O)(c2ccc3ncccc3c2)CC1. The van der Waals surface area contributed by atoms with E-state index in [1.54, 1.807) is 6.20 Å². The number of aromatic nitrogens is 1. The van der Waals surface area contributed by atoms with E-state index in [1.165, 1.54) is 0 Å². The van der Waals surface area contributed by atoms with Crippen molar-refractivity contribution in [1.29, 1.82) is 0 Å². The zero-order valence-electron chi connectivity index (χ0n) is 11.1. The maximum Gasteiger partial charge on any atom is 0.306 e. The van der Waals surface area contributed by atoms with Gasteiger partial charge in [0.15, 0.2) is 0 Å². The summed E-state index contributed by atoms with van der Waals surface area (Å²) >= 11 is 0. The standard InChI is InChI=1S/C16H17NO3/c18-15(19)11-5-7-16(20,8-6-11)13-3-4-14-12(10-13)2-1-9-17-14/h1-4,9-11,20H,5-8H2,(H,18,19). The highest BCUT2D eigenvalue weighted by atomic mass is 16.4. The molecule has 4 heteroatoms. The van der Waals surface area contributed by atoms with Gasteiger partial charge in [-0.15, -0.1) is 0 Å². The number of rotatable bonds is 2. The van der Waals surface area contributed by atoms with Crippen LogP contribution in [0.25, 0.3) is 10.9 Å². The van der Waals surface area contributed by atoms with Crippen LogP contribution in [0.3, 0.4) is 0 Å². The summed E-state index contributed by atoms with van der Waals surface area (Å²) in [7, 11) is 0. The van der Waals surface area contributed by atoms with E-state index >= 15 is 0 Å². The third-order valence-corrected chi connectivity index (χ3v) is 4.30. The molecule has 0 saturated heterocycles. The quantitative estimate of drug-likeness (QED) is 0.881. The molecule has 1 aromatic carbocycles. The molecule has 1 saturated carbocycles. The van der Waals surface area contributed by atoms with Crippen LogP contribution >= 0.6 is 0 Å². The Labute approximate surface area is 117 Å². The van der Waals surface area contributed by atoms with Crippen molar-refractivity contribution in [2.45, 2.75) is 31.3 Å². The maximum absolute atomic E-state index is 11.0. The summed E-state index contributed by atoms with van der Waals surface area (Å²) in [5.74, 6) is -1.08. The van der Waals surface area contributed by atoms with Crippen LogP contribution in [0.4, 0.5) is 0 Å². The van der Waals surface area contributed by atoms with Crippen molar-refractivity contribution in [2.24, 2.45) is 5.92 Å². The number of hydrogen-bond acceptors (Lipinski definition) is 3. The summed E-state index contributed by atoms with van der Waals surface area (Å²) in [5, 5.41) is 20.8. The molecule has 0 unspecified atom stereocenters. The van der Waals surface area contributed by atoms with Crippen LogP contribution in [0.1, 0.15) is 31.2 Å². The summed E-state index contributed by atoms with van der Waals surface area (Å²) in [6.45, 7) is 0. The van der Waals surface area contributed by atoms with Crippen molar-refractivity contribution in [1.82, 2.24) is 4.98 Å². The second-order valence-corrected chi connectivity index (χ2v) is 5.55. The lowest BCUT2D eigenvalue weighted by Gasteiger charge is -2.35. The fourth-order valence-corrected chi connectivity index (χ4v) is 3.00. The van der Waals surface area contributed by atoms with E-state index in [1.807, 2.05) is 30.3 Å². The largest absolute Gasteiger partial charge is 0.481 e. The van der Waals surface area contributed by atoms with Gasteiger partial charge in [-0.3, -0.25) is 9.78 Å². The van der Waals surface area contributed by atoms with E-state index < -0.39 is 11.6 Å². The molecule has 1 aliphatic rings. The lowest BCUT2D eigenvalue weighted by Crippen LogP contribution is -2.33. The van der Waals surface area contributed by atoms with Gasteiger partial charge in [0.25, 0.3) is 0 Å². The van der Waals surface area contributed by atoms with Gasteiger partial charge in [-0.25, -0.2) is 0 Å². The molecule has 0 atom stereocenters. The fourth-order valence-electron chi connectivity index (χ4n) is 3.00. The molecule has 2 N–H and O–H groups in total. The molecular weight excluding hydrogens is 254 g/mol. The molecule has 1 aliphatic carbocycles. The van der Waals surface area contributed by atoms with Gasteiger partial charge in [-0.1, -0.05) is 12.1 Å². The van der Waals surface area contributed by atoms with Crippen molar-refractivity contribution in [3.05, 3.63) is 42.1 Å². The van der Waals surface area contributed by atoms with E-state index in [2.05, 4.69) is 4.98 Å². The summed E-state index contributed by atoms with van der Waals surface area (Å²) in [5.41, 5.74) is 0.858. The van der Waals surface area contributed by atoms with Gasteiger partial charge in [0.2, 0.25) is 0 Å². The first kappa shape index (κ1) is 13.1. The Morgan fingerprint density at radius 2 is 2.00 bits per heavy atom. The first-order valence-electron chi connectivity index (χ1n) is 6.89. The summed E-state index contributed by atoms with van der Waals surface area (Å²) in [6.07, 6.45) is 3.79. The summed E-state index contributed by atoms with van der Waals surface area (Å²) < 4.78 is 0. The molecule has 2 aromatic rings. The molecule has 4 nitrogen and oxygen atoms in total. The lowest BCUT2D eigenvalue weighted by molar-refractivity contribution is -0.145. The number of benzene rings is 1. The number of hydrogen-bond donors (Lipinski definition) is 2. The molecule has 1 fully saturated rings. The molecular formula is C16H17NO3.